The number of sulfone groups is 1. The molecule has 4 nitrogen and oxygen atoms in total. The maximum absolute atomic E-state index is 11.6. The minimum Gasteiger partial charge on any atom is -0.368 e. The molecule has 1 aromatic rings. The topological polar surface area (TPSA) is 59.1 Å². The average Bonchev–Trinajstić information content (AvgIpc) is 3.00. The number of nitrogens with one attached hydrogen (secondary N) is 1. The fraction of sp³-hybridized carbons (Fsp3) is 0.545. The van der Waals surface area contributed by atoms with Gasteiger partial charge in [-0.25, -0.2) is 13.4 Å². The fourth-order valence-corrected chi connectivity index (χ4v) is 3.11. The molecule has 0 amide bonds. The Morgan fingerprint density at radius 1 is 1.47 bits per heavy atom. The fourth-order valence-electron chi connectivity index (χ4n) is 1.71. The minimum absolute atomic E-state index is 0.444. The van der Waals surface area contributed by atoms with Gasteiger partial charge in [0.2, 0.25) is 0 Å². The Kier molecular flexibility index (Phi) is 3.20. The van der Waals surface area contributed by atoms with Crippen molar-refractivity contribution in [2.45, 2.75) is 24.5 Å². The summed E-state index contributed by atoms with van der Waals surface area (Å²) in [7, 11) is -2.98. The number of halogens is 1. The Hall–Kier alpha value is -0.620. The van der Waals surface area contributed by atoms with Crippen LogP contribution in [0.4, 0.5) is 5.82 Å². The molecule has 1 aliphatic carbocycles. The highest BCUT2D eigenvalue weighted by Crippen LogP contribution is 2.43. The predicted molar refractivity (Wildman–Crippen MR) is 72.0 cm³/mol. The molecule has 0 bridgehead atoms. The molecule has 2 rings (SSSR count). The first-order chi connectivity index (χ1) is 7.84. The van der Waals surface area contributed by atoms with Crippen LogP contribution in [-0.2, 0) is 9.84 Å². The molecule has 1 fully saturated rings. The first-order valence-electron chi connectivity index (χ1n) is 5.41. The van der Waals surface area contributed by atoms with E-state index in [2.05, 4.69) is 26.2 Å². The molecule has 94 valence electrons. The Bertz CT molecular complexity index is 538. The molecule has 1 aliphatic rings. The van der Waals surface area contributed by atoms with E-state index in [1.807, 2.05) is 19.1 Å². The molecule has 0 saturated heterocycles. The number of hydrogen-bond donors (Lipinski definition) is 1. The van der Waals surface area contributed by atoms with Gasteiger partial charge in [0.25, 0.3) is 0 Å². The van der Waals surface area contributed by atoms with Crippen LogP contribution in [0.5, 0.6) is 0 Å². The second-order valence-corrected chi connectivity index (χ2v) is 7.84. The van der Waals surface area contributed by atoms with E-state index < -0.39 is 14.6 Å². The van der Waals surface area contributed by atoms with Crippen molar-refractivity contribution in [3.8, 4) is 0 Å². The molecule has 6 heteroatoms. The summed E-state index contributed by atoms with van der Waals surface area (Å²) >= 11 is 3.38. The van der Waals surface area contributed by atoms with Gasteiger partial charge in [-0.15, -0.1) is 0 Å². The van der Waals surface area contributed by atoms with Gasteiger partial charge in [-0.3, -0.25) is 0 Å². The van der Waals surface area contributed by atoms with Crippen LogP contribution in [-0.4, -0.2) is 30.9 Å². The lowest BCUT2D eigenvalue weighted by atomic mass is 10.3. The quantitative estimate of drug-likeness (QED) is 0.924. The lowest BCUT2D eigenvalue weighted by Gasteiger charge is -2.14. The molecule has 1 aromatic heterocycles. The second-order valence-electron chi connectivity index (χ2n) is 4.57. The number of rotatable bonds is 4. The molecule has 1 N–H and O–H groups in total. The number of hydrogen-bond acceptors (Lipinski definition) is 4. The molecule has 0 aromatic carbocycles. The zero-order chi connectivity index (χ0) is 12.7. The number of pyridine rings is 1. The second kappa shape index (κ2) is 4.24. The molecule has 1 saturated carbocycles. The summed E-state index contributed by atoms with van der Waals surface area (Å²) in [5.41, 5.74) is 0.888. The van der Waals surface area contributed by atoms with Crippen molar-refractivity contribution in [1.29, 1.82) is 0 Å². The summed E-state index contributed by atoms with van der Waals surface area (Å²) in [6, 6.07) is 3.75. The third-order valence-corrected chi connectivity index (χ3v) is 6.17. The summed E-state index contributed by atoms with van der Waals surface area (Å²) < 4.78 is 23.6. The largest absolute Gasteiger partial charge is 0.368 e. The van der Waals surface area contributed by atoms with Crippen LogP contribution >= 0.6 is 15.9 Å². The van der Waals surface area contributed by atoms with Crippen LogP contribution in [0.3, 0.4) is 0 Å². The lowest BCUT2D eigenvalue weighted by molar-refractivity contribution is 0.585. The summed E-state index contributed by atoms with van der Waals surface area (Å²) in [6.45, 7) is 2.35. The highest BCUT2D eigenvalue weighted by Gasteiger charge is 2.51. The van der Waals surface area contributed by atoms with Crippen molar-refractivity contribution in [3.63, 3.8) is 0 Å². The van der Waals surface area contributed by atoms with E-state index in [1.165, 1.54) is 6.26 Å². The zero-order valence-corrected chi connectivity index (χ0v) is 12.2. The molecule has 0 atom stereocenters. The molecule has 0 unspecified atom stereocenters. The van der Waals surface area contributed by atoms with Crippen LogP contribution in [0.1, 0.15) is 18.5 Å². The van der Waals surface area contributed by atoms with Crippen molar-refractivity contribution in [1.82, 2.24) is 4.98 Å². The molecule has 17 heavy (non-hydrogen) atoms. The molecular formula is C11H15BrN2O2S. The van der Waals surface area contributed by atoms with Gasteiger partial charge in [0.05, 0.1) is 10.4 Å². The number of nitrogens with zero attached hydrogens (tertiary/aromatic N) is 1. The molecule has 0 radical (unpaired) electrons. The lowest BCUT2D eigenvalue weighted by Crippen LogP contribution is -2.30. The third kappa shape index (κ3) is 2.63. The van der Waals surface area contributed by atoms with E-state index in [1.54, 1.807) is 0 Å². The van der Waals surface area contributed by atoms with Gasteiger partial charge in [0.1, 0.15) is 5.82 Å². The van der Waals surface area contributed by atoms with Gasteiger partial charge < -0.3 is 5.32 Å². The highest BCUT2D eigenvalue weighted by molar-refractivity contribution is 9.10. The van der Waals surface area contributed by atoms with Gasteiger partial charge in [-0.2, -0.15) is 0 Å². The SMILES string of the molecule is Cc1nc(NCC2(S(C)(=O)=O)CC2)ccc1Br. The number of aryl methyl sites for hydroxylation is 1. The van der Waals surface area contributed by atoms with E-state index in [0.717, 1.165) is 28.8 Å². The Balaban J connectivity index is 2.06. The average molecular weight is 319 g/mol. The Morgan fingerprint density at radius 2 is 2.12 bits per heavy atom. The number of aromatic nitrogens is 1. The smallest absolute Gasteiger partial charge is 0.154 e. The van der Waals surface area contributed by atoms with Crippen molar-refractivity contribution in [3.05, 3.63) is 22.3 Å². The first kappa shape index (κ1) is 12.8. The molecule has 0 aliphatic heterocycles. The maximum atomic E-state index is 11.6. The highest BCUT2D eigenvalue weighted by atomic mass is 79.9. The Labute approximate surface area is 110 Å². The normalized spacial score (nSPS) is 17.8. The van der Waals surface area contributed by atoms with Crippen LogP contribution in [0, 0.1) is 6.92 Å². The van der Waals surface area contributed by atoms with Crippen LogP contribution in [0.2, 0.25) is 0 Å². The van der Waals surface area contributed by atoms with E-state index in [0.29, 0.717) is 6.54 Å². The van der Waals surface area contributed by atoms with Gasteiger partial charge in [0.15, 0.2) is 9.84 Å². The first-order valence-corrected chi connectivity index (χ1v) is 8.09. The predicted octanol–water partition coefficient (Wildman–Crippen LogP) is 2.14. The summed E-state index contributed by atoms with van der Waals surface area (Å²) in [5.74, 6) is 0.723. The summed E-state index contributed by atoms with van der Waals surface area (Å²) in [6.07, 6.45) is 2.80. The van der Waals surface area contributed by atoms with Crippen molar-refractivity contribution in [2.24, 2.45) is 0 Å². The Morgan fingerprint density at radius 3 is 2.59 bits per heavy atom. The van der Waals surface area contributed by atoms with Crippen LogP contribution in [0.15, 0.2) is 16.6 Å². The standard InChI is InChI=1S/C11H15BrN2O2S/c1-8-9(12)3-4-10(14-8)13-7-11(5-6-11)17(2,15)16/h3-4H,5-7H2,1-2H3,(H,13,14). The maximum Gasteiger partial charge on any atom is 0.154 e. The van der Waals surface area contributed by atoms with Crippen molar-refractivity contribution < 1.29 is 8.42 Å². The summed E-state index contributed by atoms with van der Waals surface area (Å²) in [5, 5.41) is 3.11. The zero-order valence-electron chi connectivity index (χ0n) is 9.83. The summed E-state index contributed by atoms with van der Waals surface area (Å²) in [4.78, 5) is 4.33. The third-order valence-electron chi connectivity index (χ3n) is 3.21. The molecular weight excluding hydrogens is 304 g/mol. The minimum atomic E-state index is -2.98. The van der Waals surface area contributed by atoms with E-state index in [4.69, 9.17) is 0 Å². The van der Waals surface area contributed by atoms with Crippen molar-refractivity contribution >= 4 is 31.6 Å². The van der Waals surface area contributed by atoms with Gasteiger partial charge in [-0.05, 0) is 47.8 Å². The van der Waals surface area contributed by atoms with Crippen LogP contribution in [0.25, 0.3) is 0 Å². The van der Waals surface area contributed by atoms with Crippen molar-refractivity contribution in [2.75, 3.05) is 18.1 Å². The van der Waals surface area contributed by atoms with Crippen LogP contribution < -0.4 is 5.32 Å². The van der Waals surface area contributed by atoms with Gasteiger partial charge in [0, 0.05) is 17.3 Å². The molecule has 0 spiro atoms. The number of anilines is 1. The van der Waals surface area contributed by atoms with E-state index in [9.17, 15) is 8.42 Å². The van der Waals surface area contributed by atoms with Gasteiger partial charge in [-0.1, -0.05) is 0 Å². The molecule has 1 heterocycles. The monoisotopic (exact) mass is 318 g/mol. The van der Waals surface area contributed by atoms with Gasteiger partial charge >= 0.3 is 0 Å². The van der Waals surface area contributed by atoms with E-state index in [-0.39, 0.29) is 0 Å². The van der Waals surface area contributed by atoms with E-state index >= 15 is 0 Å².